The summed E-state index contributed by atoms with van der Waals surface area (Å²) in [6, 6.07) is 15.1. The number of esters is 1. The molecule has 0 saturated heterocycles. The fraction of sp³-hybridized carbons (Fsp3) is 0.273. The SMILES string of the molecule is CCOC(=O)c1ccccc1NC(=O)CSc1nnc(CSc2ccc(C)cc2)n1C. The van der Waals surface area contributed by atoms with Gasteiger partial charge < -0.3 is 14.6 Å². The lowest BCUT2D eigenvalue weighted by atomic mass is 10.2. The van der Waals surface area contributed by atoms with Gasteiger partial charge >= 0.3 is 5.97 Å². The van der Waals surface area contributed by atoms with Crippen LogP contribution >= 0.6 is 23.5 Å². The van der Waals surface area contributed by atoms with Gasteiger partial charge in [-0.1, -0.05) is 41.6 Å². The molecule has 0 aliphatic rings. The van der Waals surface area contributed by atoms with Crippen LogP contribution in [-0.2, 0) is 22.3 Å². The van der Waals surface area contributed by atoms with Gasteiger partial charge in [-0.2, -0.15) is 0 Å². The first-order chi connectivity index (χ1) is 15.0. The molecule has 3 rings (SSSR count). The second-order valence-electron chi connectivity index (χ2n) is 6.66. The normalized spacial score (nSPS) is 10.7. The van der Waals surface area contributed by atoms with Crippen LogP contribution in [0.25, 0.3) is 0 Å². The Balaban J connectivity index is 1.55. The number of aryl methyl sites for hydroxylation is 1. The van der Waals surface area contributed by atoms with Crippen LogP contribution in [0.2, 0.25) is 0 Å². The predicted molar refractivity (Wildman–Crippen MR) is 123 cm³/mol. The Hall–Kier alpha value is -2.78. The van der Waals surface area contributed by atoms with Gasteiger partial charge in [0.15, 0.2) is 5.16 Å². The van der Waals surface area contributed by atoms with Gasteiger partial charge in [0, 0.05) is 11.9 Å². The molecule has 9 heteroatoms. The Morgan fingerprint density at radius 3 is 2.55 bits per heavy atom. The van der Waals surface area contributed by atoms with Crippen LogP contribution in [0.1, 0.15) is 28.7 Å². The van der Waals surface area contributed by atoms with Crippen LogP contribution < -0.4 is 5.32 Å². The second kappa shape index (κ2) is 11.0. The Morgan fingerprint density at radius 1 is 1.06 bits per heavy atom. The molecule has 162 valence electrons. The summed E-state index contributed by atoms with van der Waals surface area (Å²) in [7, 11) is 1.89. The number of amides is 1. The van der Waals surface area contributed by atoms with Crippen LogP contribution in [0.3, 0.4) is 0 Å². The number of para-hydroxylation sites is 1. The van der Waals surface area contributed by atoms with E-state index in [-0.39, 0.29) is 18.3 Å². The smallest absolute Gasteiger partial charge is 0.340 e. The quantitative estimate of drug-likeness (QED) is 0.379. The van der Waals surface area contributed by atoms with Gasteiger partial charge in [0.05, 0.1) is 29.4 Å². The summed E-state index contributed by atoms with van der Waals surface area (Å²) in [6.07, 6.45) is 0. The number of thioether (sulfide) groups is 2. The fourth-order valence-corrected chi connectivity index (χ4v) is 4.28. The standard InChI is InChI=1S/C22H24N4O3S2/c1-4-29-21(28)17-7-5-6-8-18(17)23-20(27)14-31-22-25-24-19(26(22)3)13-30-16-11-9-15(2)10-12-16/h5-12H,4,13-14H2,1-3H3,(H,23,27). The highest BCUT2D eigenvalue weighted by molar-refractivity contribution is 7.99. The topological polar surface area (TPSA) is 86.1 Å². The van der Waals surface area contributed by atoms with E-state index in [1.807, 2.05) is 11.6 Å². The van der Waals surface area contributed by atoms with E-state index >= 15 is 0 Å². The van der Waals surface area contributed by atoms with Crippen molar-refractivity contribution in [3.8, 4) is 0 Å². The van der Waals surface area contributed by atoms with Crippen molar-refractivity contribution in [2.75, 3.05) is 17.7 Å². The first-order valence-corrected chi connectivity index (χ1v) is 11.7. The van der Waals surface area contributed by atoms with E-state index in [0.29, 0.717) is 22.2 Å². The molecule has 1 aromatic heterocycles. The lowest BCUT2D eigenvalue weighted by molar-refractivity contribution is -0.113. The molecular weight excluding hydrogens is 432 g/mol. The minimum Gasteiger partial charge on any atom is -0.462 e. The molecule has 0 aliphatic carbocycles. The highest BCUT2D eigenvalue weighted by atomic mass is 32.2. The Kier molecular flexibility index (Phi) is 8.13. The number of nitrogens with zero attached hydrogens (tertiary/aromatic N) is 3. The van der Waals surface area contributed by atoms with Crippen molar-refractivity contribution < 1.29 is 14.3 Å². The molecule has 1 heterocycles. The molecule has 0 aliphatic heterocycles. The summed E-state index contributed by atoms with van der Waals surface area (Å²) in [5.41, 5.74) is 1.99. The monoisotopic (exact) mass is 456 g/mol. The summed E-state index contributed by atoms with van der Waals surface area (Å²) in [5.74, 6) is 0.969. The molecule has 0 unspecified atom stereocenters. The molecule has 0 atom stereocenters. The van der Waals surface area contributed by atoms with Crippen molar-refractivity contribution >= 4 is 41.1 Å². The zero-order valence-corrected chi connectivity index (χ0v) is 19.3. The maximum Gasteiger partial charge on any atom is 0.340 e. The van der Waals surface area contributed by atoms with E-state index in [2.05, 4.69) is 46.7 Å². The van der Waals surface area contributed by atoms with E-state index < -0.39 is 5.97 Å². The zero-order chi connectivity index (χ0) is 22.2. The molecule has 0 fully saturated rings. The number of rotatable bonds is 9. The van der Waals surface area contributed by atoms with Crippen molar-refractivity contribution in [2.45, 2.75) is 29.7 Å². The van der Waals surface area contributed by atoms with E-state index in [1.54, 1.807) is 43.0 Å². The molecule has 0 spiro atoms. The first kappa shape index (κ1) is 22.9. The average molecular weight is 457 g/mol. The third kappa shape index (κ3) is 6.35. The van der Waals surface area contributed by atoms with Gasteiger partial charge in [-0.25, -0.2) is 4.79 Å². The molecule has 1 amide bonds. The summed E-state index contributed by atoms with van der Waals surface area (Å²) in [6.45, 7) is 4.07. The molecule has 1 N–H and O–H groups in total. The van der Waals surface area contributed by atoms with Crippen molar-refractivity contribution in [1.82, 2.24) is 14.8 Å². The van der Waals surface area contributed by atoms with Crippen molar-refractivity contribution in [3.63, 3.8) is 0 Å². The Labute approximate surface area is 190 Å². The van der Waals surface area contributed by atoms with E-state index in [1.165, 1.54) is 22.2 Å². The number of ether oxygens (including phenoxy) is 1. The summed E-state index contributed by atoms with van der Waals surface area (Å²) in [4.78, 5) is 25.7. The van der Waals surface area contributed by atoms with Crippen LogP contribution in [0.5, 0.6) is 0 Å². The van der Waals surface area contributed by atoms with Gasteiger partial charge in [0.1, 0.15) is 5.82 Å². The number of anilines is 1. The maximum absolute atomic E-state index is 12.4. The molecule has 7 nitrogen and oxygen atoms in total. The lowest BCUT2D eigenvalue weighted by Gasteiger charge is -2.10. The number of carbonyl (C=O) groups excluding carboxylic acids is 2. The number of nitrogens with one attached hydrogen (secondary N) is 1. The molecule has 0 bridgehead atoms. The Morgan fingerprint density at radius 2 is 1.81 bits per heavy atom. The number of aromatic nitrogens is 3. The highest BCUT2D eigenvalue weighted by Gasteiger charge is 2.16. The van der Waals surface area contributed by atoms with Crippen LogP contribution in [0, 0.1) is 6.92 Å². The largest absolute Gasteiger partial charge is 0.462 e. The van der Waals surface area contributed by atoms with Crippen molar-refractivity contribution in [2.24, 2.45) is 7.05 Å². The van der Waals surface area contributed by atoms with E-state index in [0.717, 1.165) is 5.82 Å². The molecule has 0 radical (unpaired) electrons. The van der Waals surface area contributed by atoms with Gasteiger partial charge in [0.25, 0.3) is 0 Å². The van der Waals surface area contributed by atoms with E-state index in [9.17, 15) is 9.59 Å². The average Bonchev–Trinajstić information content (AvgIpc) is 3.12. The number of benzene rings is 2. The first-order valence-electron chi connectivity index (χ1n) is 9.74. The molecule has 0 saturated carbocycles. The number of carbonyl (C=O) groups is 2. The van der Waals surface area contributed by atoms with E-state index in [4.69, 9.17) is 4.74 Å². The molecule has 3 aromatic rings. The summed E-state index contributed by atoms with van der Waals surface area (Å²) in [5, 5.41) is 11.9. The van der Waals surface area contributed by atoms with Gasteiger partial charge in [0.2, 0.25) is 5.91 Å². The summed E-state index contributed by atoms with van der Waals surface area (Å²) >= 11 is 2.98. The lowest BCUT2D eigenvalue weighted by Crippen LogP contribution is -2.17. The fourth-order valence-electron chi connectivity index (χ4n) is 2.67. The van der Waals surface area contributed by atoms with Gasteiger partial charge in [-0.05, 0) is 38.1 Å². The summed E-state index contributed by atoms with van der Waals surface area (Å²) < 4.78 is 6.93. The highest BCUT2D eigenvalue weighted by Crippen LogP contribution is 2.24. The second-order valence-corrected chi connectivity index (χ2v) is 8.65. The number of hydrogen-bond acceptors (Lipinski definition) is 7. The maximum atomic E-state index is 12.4. The Bertz CT molecular complexity index is 1050. The van der Waals surface area contributed by atoms with Crippen LogP contribution in [0.4, 0.5) is 5.69 Å². The molecule has 2 aromatic carbocycles. The minimum atomic E-state index is -0.463. The molecular formula is C22H24N4O3S2. The number of hydrogen-bond donors (Lipinski definition) is 1. The van der Waals surface area contributed by atoms with Crippen LogP contribution in [0.15, 0.2) is 58.6 Å². The van der Waals surface area contributed by atoms with Crippen LogP contribution in [-0.4, -0.2) is 39.0 Å². The third-order valence-electron chi connectivity index (χ3n) is 4.34. The van der Waals surface area contributed by atoms with Crippen molar-refractivity contribution in [1.29, 1.82) is 0 Å². The van der Waals surface area contributed by atoms with Crippen molar-refractivity contribution in [3.05, 3.63) is 65.5 Å². The molecule has 31 heavy (non-hydrogen) atoms. The third-order valence-corrected chi connectivity index (χ3v) is 6.37. The predicted octanol–water partition coefficient (Wildman–Crippen LogP) is 4.32. The zero-order valence-electron chi connectivity index (χ0n) is 17.6. The van der Waals surface area contributed by atoms with Gasteiger partial charge in [-0.15, -0.1) is 22.0 Å². The van der Waals surface area contributed by atoms with Gasteiger partial charge in [-0.3, -0.25) is 4.79 Å². The minimum absolute atomic E-state index is 0.147.